The molecule has 2 N–H and O–H groups in total. The lowest BCUT2D eigenvalue weighted by molar-refractivity contribution is -0.134. The maximum absolute atomic E-state index is 9.00. The van der Waals surface area contributed by atoms with Gasteiger partial charge in [0.1, 0.15) is 0 Å². The Morgan fingerprint density at radius 1 is 1.58 bits per heavy atom. The topological polar surface area (TPSA) is 57.5 Å². The summed E-state index contributed by atoms with van der Waals surface area (Å²) in [5.41, 5.74) is 0. The Hall–Kier alpha value is -0.830. The zero-order chi connectivity index (χ0) is 9.40. The highest BCUT2D eigenvalue weighted by Gasteiger charge is 2.06. The fraction of sp³-hybridized carbons (Fsp3) is 0.667. The highest BCUT2D eigenvalue weighted by Crippen LogP contribution is 2.16. The highest BCUT2D eigenvalue weighted by atomic mass is 16.4. The van der Waals surface area contributed by atoms with Crippen molar-refractivity contribution in [2.45, 2.75) is 26.2 Å². The van der Waals surface area contributed by atoms with Crippen LogP contribution in [0.1, 0.15) is 26.2 Å². The molecule has 3 heteroatoms. The number of carboxylic acid groups (broad SMARTS) is 1. The second-order valence-corrected chi connectivity index (χ2v) is 2.85. The molecule has 0 aliphatic heterocycles. The summed E-state index contributed by atoms with van der Waals surface area (Å²) in [4.78, 5) is 9.00. The lowest BCUT2D eigenvalue weighted by Crippen LogP contribution is -2.06. The monoisotopic (exact) mass is 172 g/mol. The molecule has 0 aromatic heterocycles. The number of aliphatic hydroxyl groups excluding tert-OH is 1. The van der Waals surface area contributed by atoms with Crippen molar-refractivity contribution in [3.05, 3.63) is 12.2 Å². The van der Waals surface area contributed by atoms with Gasteiger partial charge in [0.25, 0.3) is 5.97 Å². The molecular weight excluding hydrogens is 156 g/mol. The molecule has 0 amide bonds. The molecule has 0 aromatic rings. The van der Waals surface area contributed by atoms with E-state index < -0.39 is 5.97 Å². The summed E-state index contributed by atoms with van der Waals surface area (Å²) in [5.74, 6) is -0.278. The van der Waals surface area contributed by atoms with Gasteiger partial charge in [0, 0.05) is 13.5 Å². The molecule has 1 atom stereocenters. The highest BCUT2D eigenvalue weighted by molar-refractivity contribution is 5.62. The molecule has 1 rings (SSSR count). The molecule has 0 bridgehead atoms. The number of carboxylic acids is 1. The normalized spacial score (nSPS) is 21.0. The van der Waals surface area contributed by atoms with Crippen molar-refractivity contribution in [3.63, 3.8) is 0 Å². The Kier molecular flexibility index (Phi) is 6.38. The van der Waals surface area contributed by atoms with E-state index in [2.05, 4.69) is 12.2 Å². The number of hydrogen-bond acceptors (Lipinski definition) is 2. The fourth-order valence-corrected chi connectivity index (χ4v) is 1.02. The van der Waals surface area contributed by atoms with E-state index in [1.54, 1.807) is 0 Å². The second-order valence-electron chi connectivity index (χ2n) is 2.85. The molecule has 0 spiro atoms. The molecule has 0 saturated carbocycles. The summed E-state index contributed by atoms with van der Waals surface area (Å²) >= 11 is 0. The van der Waals surface area contributed by atoms with E-state index in [4.69, 9.17) is 15.0 Å². The molecule has 1 aliphatic rings. The molecule has 12 heavy (non-hydrogen) atoms. The van der Waals surface area contributed by atoms with Gasteiger partial charge in [-0.2, -0.15) is 0 Å². The van der Waals surface area contributed by atoms with Crippen LogP contribution in [0.25, 0.3) is 0 Å². The Labute approximate surface area is 72.7 Å². The van der Waals surface area contributed by atoms with E-state index in [-0.39, 0.29) is 0 Å². The van der Waals surface area contributed by atoms with Gasteiger partial charge in [0.2, 0.25) is 0 Å². The summed E-state index contributed by atoms with van der Waals surface area (Å²) < 4.78 is 0. The first-order chi connectivity index (χ1) is 5.66. The van der Waals surface area contributed by atoms with E-state index in [1.807, 2.05) is 0 Å². The van der Waals surface area contributed by atoms with Gasteiger partial charge in [0.15, 0.2) is 0 Å². The van der Waals surface area contributed by atoms with Gasteiger partial charge in [-0.25, -0.2) is 0 Å². The van der Waals surface area contributed by atoms with Crippen molar-refractivity contribution in [2.24, 2.45) is 5.92 Å². The van der Waals surface area contributed by atoms with Crippen molar-refractivity contribution in [3.8, 4) is 0 Å². The van der Waals surface area contributed by atoms with Crippen LogP contribution in [0, 0.1) is 5.92 Å². The molecule has 0 fully saturated rings. The molecule has 0 heterocycles. The third-order valence-electron chi connectivity index (χ3n) is 1.64. The summed E-state index contributed by atoms with van der Waals surface area (Å²) in [6.45, 7) is 1.45. The average Bonchev–Trinajstić information content (AvgIpc) is 2.05. The van der Waals surface area contributed by atoms with E-state index in [0.29, 0.717) is 12.5 Å². The first-order valence-corrected chi connectivity index (χ1v) is 4.12. The predicted octanol–water partition coefficient (Wildman–Crippen LogP) is 1.43. The number of carbonyl (C=O) groups is 1. The van der Waals surface area contributed by atoms with Gasteiger partial charge in [0.05, 0.1) is 0 Å². The van der Waals surface area contributed by atoms with Crippen LogP contribution in [0.4, 0.5) is 0 Å². The van der Waals surface area contributed by atoms with E-state index >= 15 is 0 Å². The molecule has 1 unspecified atom stereocenters. The molecule has 0 saturated heterocycles. The van der Waals surface area contributed by atoms with E-state index in [0.717, 1.165) is 19.8 Å². The first-order valence-electron chi connectivity index (χ1n) is 4.12. The summed E-state index contributed by atoms with van der Waals surface area (Å²) in [6.07, 6.45) is 7.76. The predicted molar refractivity (Wildman–Crippen MR) is 46.9 cm³/mol. The van der Waals surface area contributed by atoms with Crippen molar-refractivity contribution < 1.29 is 15.0 Å². The standard InChI is InChI=1S/C7H12O.C2H4O2/c8-6-7-4-2-1-3-5-7;1-2(3)4/h1-2,7-8H,3-6H2;1H3,(H,3,4). The van der Waals surface area contributed by atoms with Crippen LogP contribution in [0.15, 0.2) is 12.2 Å². The van der Waals surface area contributed by atoms with E-state index in [9.17, 15) is 0 Å². The van der Waals surface area contributed by atoms with Gasteiger partial charge in [-0.1, -0.05) is 12.2 Å². The van der Waals surface area contributed by atoms with Crippen LogP contribution in [-0.4, -0.2) is 22.8 Å². The van der Waals surface area contributed by atoms with Crippen LogP contribution in [0.5, 0.6) is 0 Å². The third-order valence-corrected chi connectivity index (χ3v) is 1.64. The molecular formula is C9H16O3. The summed E-state index contributed by atoms with van der Waals surface area (Å²) in [5, 5.41) is 16.1. The number of hydrogen-bond donors (Lipinski definition) is 2. The minimum absolute atomic E-state index is 0.365. The molecule has 0 radical (unpaired) electrons. The lowest BCUT2D eigenvalue weighted by Gasteiger charge is -2.13. The van der Waals surface area contributed by atoms with Crippen LogP contribution in [0.2, 0.25) is 0 Å². The zero-order valence-electron chi connectivity index (χ0n) is 7.36. The number of allylic oxidation sites excluding steroid dienone is 2. The second kappa shape index (κ2) is 6.85. The Morgan fingerprint density at radius 3 is 2.42 bits per heavy atom. The van der Waals surface area contributed by atoms with Gasteiger partial charge < -0.3 is 10.2 Å². The minimum Gasteiger partial charge on any atom is -0.481 e. The van der Waals surface area contributed by atoms with Crippen LogP contribution in [-0.2, 0) is 4.79 Å². The Bertz CT molecular complexity index is 148. The molecule has 3 nitrogen and oxygen atoms in total. The Morgan fingerprint density at radius 2 is 2.17 bits per heavy atom. The van der Waals surface area contributed by atoms with Gasteiger partial charge in [-0.15, -0.1) is 0 Å². The molecule has 0 aromatic carbocycles. The summed E-state index contributed by atoms with van der Waals surface area (Å²) in [7, 11) is 0. The minimum atomic E-state index is -0.833. The van der Waals surface area contributed by atoms with Crippen molar-refractivity contribution in [1.29, 1.82) is 0 Å². The van der Waals surface area contributed by atoms with Crippen molar-refractivity contribution in [1.82, 2.24) is 0 Å². The lowest BCUT2D eigenvalue weighted by atomic mass is 9.96. The van der Waals surface area contributed by atoms with Gasteiger partial charge in [-0.05, 0) is 25.2 Å². The van der Waals surface area contributed by atoms with Crippen molar-refractivity contribution >= 4 is 5.97 Å². The number of aliphatic hydroxyl groups is 1. The van der Waals surface area contributed by atoms with E-state index in [1.165, 1.54) is 6.42 Å². The quantitative estimate of drug-likeness (QED) is 0.588. The Balaban J connectivity index is 0.000000261. The van der Waals surface area contributed by atoms with Gasteiger partial charge >= 0.3 is 0 Å². The van der Waals surface area contributed by atoms with Gasteiger partial charge in [-0.3, -0.25) is 4.79 Å². The smallest absolute Gasteiger partial charge is 0.300 e. The molecule has 70 valence electrons. The molecule has 1 aliphatic carbocycles. The maximum Gasteiger partial charge on any atom is 0.300 e. The zero-order valence-corrected chi connectivity index (χ0v) is 7.36. The average molecular weight is 172 g/mol. The number of rotatable bonds is 1. The SMILES string of the molecule is CC(=O)O.OCC1CC=CCC1. The third kappa shape index (κ3) is 7.28. The fourth-order valence-electron chi connectivity index (χ4n) is 1.02. The summed E-state index contributed by atoms with van der Waals surface area (Å²) in [6, 6.07) is 0. The first kappa shape index (κ1) is 11.2. The van der Waals surface area contributed by atoms with Crippen LogP contribution < -0.4 is 0 Å². The number of aliphatic carboxylic acids is 1. The van der Waals surface area contributed by atoms with Crippen LogP contribution in [0.3, 0.4) is 0 Å². The maximum atomic E-state index is 9.00. The van der Waals surface area contributed by atoms with Crippen molar-refractivity contribution in [2.75, 3.05) is 6.61 Å². The largest absolute Gasteiger partial charge is 0.481 e. The van der Waals surface area contributed by atoms with Crippen LogP contribution >= 0.6 is 0 Å².